The summed E-state index contributed by atoms with van der Waals surface area (Å²) in [6.07, 6.45) is 0.406. The quantitative estimate of drug-likeness (QED) is 0.572. The van der Waals surface area contributed by atoms with Crippen LogP contribution < -0.4 is 5.32 Å². The number of para-hydroxylation sites is 1. The minimum absolute atomic E-state index is 0.0483. The Kier molecular flexibility index (Phi) is 6.68. The van der Waals surface area contributed by atoms with Crippen molar-refractivity contribution in [2.75, 3.05) is 5.32 Å². The maximum Gasteiger partial charge on any atom is 0.357 e. The van der Waals surface area contributed by atoms with Crippen LogP contribution in [0.5, 0.6) is 0 Å². The fourth-order valence-electron chi connectivity index (χ4n) is 2.30. The van der Waals surface area contributed by atoms with Gasteiger partial charge in [-0.2, -0.15) is 0 Å². The van der Waals surface area contributed by atoms with Crippen LogP contribution in [0.15, 0.2) is 82.7 Å². The molecule has 0 saturated carbocycles. The van der Waals surface area contributed by atoms with Crippen molar-refractivity contribution in [3.63, 3.8) is 0 Å². The molecule has 1 atom stereocenters. The van der Waals surface area contributed by atoms with Crippen LogP contribution in [-0.2, 0) is 9.53 Å². The van der Waals surface area contributed by atoms with Gasteiger partial charge in [-0.15, -0.1) is 0 Å². The first-order valence-electron chi connectivity index (χ1n) is 8.48. The van der Waals surface area contributed by atoms with Crippen LogP contribution in [0.25, 0.3) is 0 Å². The molecule has 0 radical (unpaired) electrons. The van der Waals surface area contributed by atoms with E-state index in [0.29, 0.717) is 10.7 Å². The van der Waals surface area contributed by atoms with E-state index in [0.717, 1.165) is 9.79 Å². The summed E-state index contributed by atoms with van der Waals surface area (Å²) in [5.74, 6) is -1.14. The molecule has 1 amide bonds. The minimum Gasteiger partial charge on any atom is -0.448 e. The zero-order valence-electron chi connectivity index (χ0n) is 15.0. The first kappa shape index (κ1) is 19.9. The number of carbonyl (C=O) groups excluding carboxylic acids is 2. The number of carbonyl (C=O) groups is 2. The number of hydrogen-bond donors (Lipinski definition) is 1. The Hall–Kier alpha value is -2.83. The topological polar surface area (TPSA) is 68.3 Å². The third-order valence-electron chi connectivity index (χ3n) is 3.70. The summed E-state index contributed by atoms with van der Waals surface area (Å²) in [7, 11) is 0. The molecule has 0 unspecified atom stereocenters. The van der Waals surface area contributed by atoms with Gasteiger partial charge in [0.2, 0.25) is 0 Å². The number of anilines is 1. The van der Waals surface area contributed by atoms with Crippen LogP contribution in [0.4, 0.5) is 5.69 Å². The summed E-state index contributed by atoms with van der Waals surface area (Å²) in [4.78, 5) is 30.5. The SMILES string of the molecule is C[C@@H](OC(=O)c1cc(Cl)ccn1)C(=O)Nc1ccccc1Sc1ccccc1. The molecule has 7 heteroatoms. The predicted octanol–water partition coefficient (Wildman–Crippen LogP) is 5.07. The van der Waals surface area contributed by atoms with Gasteiger partial charge >= 0.3 is 5.97 Å². The second-order valence-electron chi connectivity index (χ2n) is 5.81. The lowest BCUT2D eigenvalue weighted by molar-refractivity contribution is -0.123. The van der Waals surface area contributed by atoms with E-state index in [-0.39, 0.29) is 5.69 Å². The number of aromatic nitrogens is 1. The number of nitrogens with zero attached hydrogens (tertiary/aromatic N) is 1. The smallest absolute Gasteiger partial charge is 0.357 e. The van der Waals surface area contributed by atoms with Crippen LogP contribution in [0.1, 0.15) is 17.4 Å². The highest BCUT2D eigenvalue weighted by Crippen LogP contribution is 2.33. The monoisotopic (exact) mass is 412 g/mol. The molecule has 0 saturated heterocycles. The molecule has 142 valence electrons. The molecule has 5 nitrogen and oxygen atoms in total. The van der Waals surface area contributed by atoms with E-state index in [1.807, 2.05) is 48.5 Å². The van der Waals surface area contributed by atoms with Gasteiger partial charge in [-0.25, -0.2) is 9.78 Å². The maximum absolute atomic E-state index is 12.5. The number of amides is 1. The van der Waals surface area contributed by atoms with Gasteiger partial charge in [0, 0.05) is 21.0 Å². The van der Waals surface area contributed by atoms with E-state index in [4.69, 9.17) is 16.3 Å². The lowest BCUT2D eigenvalue weighted by Gasteiger charge is -2.15. The average Bonchev–Trinajstić information content (AvgIpc) is 2.70. The lowest BCUT2D eigenvalue weighted by atomic mass is 10.3. The van der Waals surface area contributed by atoms with Gasteiger partial charge < -0.3 is 10.1 Å². The Labute approximate surface area is 172 Å². The Bertz CT molecular complexity index is 982. The number of halogens is 1. The number of nitrogens with one attached hydrogen (secondary N) is 1. The average molecular weight is 413 g/mol. The summed E-state index contributed by atoms with van der Waals surface area (Å²) in [5.41, 5.74) is 0.692. The molecule has 1 aromatic heterocycles. The van der Waals surface area contributed by atoms with E-state index in [2.05, 4.69) is 10.3 Å². The summed E-state index contributed by atoms with van der Waals surface area (Å²) < 4.78 is 5.20. The molecule has 1 N–H and O–H groups in total. The summed E-state index contributed by atoms with van der Waals surface area (Å²) in [6, 6.07) is 20.2. The first-order valence-corrected chi connectivity index (χ1v) is 9.67. The number of hydrogen-bond acceptors (Lipinski definition) is 5. The van der Waals surface area contributed by atoms with Crippen LogP contribution in [0, 0.1) is 0 Å². The predicted molar refractivity (Wildman–Crippen MR) is 110 cm³/mol. The van der Waals surface area contributed by atoms with Crippen molar-refractivity contribution in [3.8, 4) is 0 Å². The molecule has 0 fully saturated rings. The molecular weight excluding hydrogens is 396 g/mol. The largest absolute Gasteiger partial charge is 0.448 e. The lowest BCUT2D eigenvalue weighted by Crippen LogP contribution is -2.30. The van der Waals surface area contributed by atoms with E-state index in [9.17, 15) is 9.59 Å². The Balaban J connectivity index is 1.66. The van der Waals surface area contributed by atoms with Gasteiger partial charge in [-0.1, -0.05) is 53.7 Å². The Morgan fingerprint density at radius 2 is 1.79 bits per heavy atom. The van der Waals surface area contributed by atoms with Crippen LogP contribution in [0.2, 0.25) is 5.02 Å². The van der Waals surface area contributed by atoms with Gasteiger partial charge in [-0.05, 0) is 43.3 Å². The number of benzene rings is 2. The highest BCUT2D eigenvalue weighted by molar-refractivity contribution is 7.99. The van der Waals surface area contributed by atoms with Crippen LogP contribution in [0.3, 0.4) is 0 Å². The fraction of sp³-hybridized carbons (Fsp3) is 0.0952. The molecule has 0 spiro atoms. The number of esters is 1. The van der Waals surface area contributed by atoms with Crippen molar-refractivity contribution in [3.05, 3.63) is 83.6 Å². The maximum atomic E-state index is 12.5. The normalized spacial score (nSPS) is 11.5. The van der Waals surface area contributed by atoms with Crippen LogP contribution in [-0.4, -0.2) is 23.0 Å². The van der Waals surface area contributed by atoms with Crippen molar-refractivity contribution in [1.29, 1.82) is 0 Å². The molecule has 0 aliphatic rings. The highest BCUT2D eigenvalue weighted by atomic mass is 35.5. The molecule has 28 heavy (non-hydrogen) atoms. The summed E-state index contributed by atoms with van der Waals surface area (Å²) >= 11 is 7.38. The zero-order valence-corrected chi connectivity index (χ0v) is 16.5. The summed E-state index contributed by atoms with van der Waals surface area (Å²) in [6.45, 7) is 1.50. The second kappa shape index (κ2) is 9.39. The van der Waals surface area contributed by atoms with Crippen LogP contribution >= 0.6 is 23.4 Å². The molecule has 3 rings (SSSR count). The van der Waals surface area contributed by atoms with Crippen molar-refractivity contribution in [2.45, 2.75) is 22.8 Å². The Morgan fingerprint density at radius 3 is 2.54 bits per heavy atom. The summed E-state index contributed by atoms with van der Waals surface area (Å²) in [5, 5.41) is 3.18. The third kappa shape index (κ3) is 5.34. The van der Waals surface area contributed by atoms with E-state index in [1.54, 1.807) is 12.1 Å². The Morgan fingerprint density at radius 1 is 1.07 bits per heavy atom. The van der Waals surface area contributed by atoms with Gasteiger partial charge in [-0.3, -0.25) is 4.79 Å². The number of pyridine rings is 1. The molecule has 1 heterocycles. The molecule has 0 aliphatic heterocycles. The molecule has 2 aromatic carbocycles. The van der Waals surface area contributed by atoms with Crippen molar-refractivity contribution >= 4 is 40.9 Å². The van der Waals surface area contributed by atoms with Gasteiger partial charge in [0.25, 0.3) is 5.91 Å². The third-order valence-corrected chi connectivity index (χ3v) is 5.02. The van der Waals surface area contributed by atoms with E-state index < -0.39 is 18.0 Å². The number of rotatable bonds is 6. The van der Waals surface area contributed by atoms with Gasteiger partial charge in [0.1, 0.15) is 5.69 Å². The minimum atomic E-state index is -0.997. The van der Waals surface area contributed by atoms with Crippen molar-refractivity contribution < 1.29 is 14.3 Å². The van der Waals surface area contributed by atoms with Gasteiger partial charge in [0.05, 0.1) is 5.69 Å². The molecular formula is C21H17ClN2O3S. The second-order valence-corrected chi connectivity index (χ2v) is 7.36. The number of ether oxygens (including phenoxy) is 1. The van der Waals surface area contributed by atoms with Crippen molar-refractivity contribution in [2.24, 2.45) is 0 Å². The van der Waals surface area contributed by atoms with E-state index >= 15 is 0 Å². The van der Waals surface area contributed by atoms with Gasteiger partial charge in [0.15, 0.2) is 6.10 Å². The zero-order chi connectivity index (χ0) is 19.9. The molecule has 3 aromatic rings. The highest BCUT2D eigenvalue weighted by Gasteiger charge is 2.21. The standard InChI is InChI=1S/C21H17ClN2O3S/c1-14(27-21(26)18-13-15(22)11-12-23-18)20(25)24-17-9-5-6-10-19(17)28-16-7-3-2-4-8-16/h2-14H,1H3,(H,24,25)/t14-/m1/s1. The van der Waals surface area contributed by atoms with E-state index in [1.165, 1.54) is 30.9 Å². The first-order chi connectivity index (χ1) is 13.5. The molecule has 0 aliphatic carbocycles. The molecule has 0 bridgehead atoms. The fourth-order valence-corrected chi connectivity index (χ4v) is 3.38. The van der Waals surface area contributed by atoms with Crippen molar-refractivity contribution in [1.82, 2.24) is 4.98 Å².